The van der Waals surface area contributed by atoms with Gasteiger partial charge in [0.2, 0.25) is 0 Å². The van der Waals surface area contributed by atoms with Gasteiger partial charge in [0.1, 0.15) is 0 Å². The number of aryl methyl sites for hydroxylation is 1. The van der Waals surface area contributed by atoms with Crippen molar-refractivity contribution in [2.75, 3.05) is 13.7 Å². The number of fused-ring (bicyclic) bond motifs is 1. The van der Waals surface area contributed by atoms with E-state index in [1.165, 1.54) is 10.9 Å². The summed E-state index contributed by atoms with van der Waals surface area (Å²) < 4.78 is 7.26. The molecular formula is C14H21N3O. The summed E-state index contributed by atoms with van der Waals surface area (Å²) in [4.78, 5) is 0. The van der Waals surface area contributed by atoms with Gasteiger partial charge in [0, 0.05) is 32.1 Å². The predicted molar refractivity (Wildman–Crippen MR) is 73.6 cm³/mol. The summed E-state index contributed by atoms with van der Waals surface area (Å²) in [7, 11) is 1.73. The first-order chi connectivity index (χ1) is 8.76. The molecule has 98 valence electrons. The third-order valence-electron chi connectivity index (χ3n) is 3.16. The summed E-state index contributed by atoms with van der Waals surface area (Å²) in [5.41, 5.74) is 2.31. The van der Waals surface area contributed by atoms with Gasteiger partial charge >= 0.3 is 0 Å². The molecule has 2 rings (SSSR count). The molecule has 0 bridgehead atoms. The largest absolute Gasteiger partial charge is 0.380 e. The van der Waals surface area contributed by atoms with E-state index in [2.05, 4.69) is 48.5 Å². The number of para-hydroxylation sites is 1. The Balaban J connectivity index is 2.13. The zero-order valence-corrected chi connectivity index (χ0v) is 11.3. The zero-order chi connectivity index (χ0) is 13.0. The average Bonchev–Trinajstić information content (AvgIpc) is 2.77. The number of ether oxygens (including phenoxy) is 1. The summed E-state index contributed by atoms with van der Waals surface area (Å²) in [6.45, 7) is 6.68. The van der Waals surface area contributed by atoms with Gasteiger partial charge in [-0.25, -0.2) is 0 Å². The van der Waals surface area contributed by atoms with Crippen molar-refractivity contribution in [3.63, 3.8) is 0 Å². The maximum absolute atomic E-state index is 5.21. The summed E-state index contributed by atoms with van der Waals surface area (Å²) in [5, 5.41) is 9.26. The number of nitrogens with one attached hydrogen (secondary N) is 1. The van der Waals surface area contributed by atoms with Crippen LogP contribution in [0.2, 0.25) is 0 Å². The van der Waals surface area contributed by atoms with E-state index in [9.17, 15) is 0 Å². The van der Waals surface area contributed by atoms with Gasteiger partial charge in [-0.15, -0.1) is 0 Å². The molecule has 1 N–H and O–H groups in total. The van der Waals surface area contributed by atoms with Crippen LogP contribution in [0.25, 0.3) is 10.9 Å². The molecule has 1 unspecified atom stereocenters. The second kappa shape index (κ2) is 5.98. The molecule has 0 fully saturated rings. The van der Waals surface area contributed by atoms with Crippen LogP contribution in [0, 0.1) is 0 Å². The van der Waals surface area contributed by atoms with E-state index in [4.69, 9.17) is 4.74 Å². The van der Waals surface area contributed by atoms with Crippen molar-refractivity contribution in [3.8, 4) is 0 Å². The molecule has 0 aliphatic heterocycles. The summed E-state index contributed by atoms with van der Waals surface area (Å²) in [5.74, 6) is 0. The molecule has 1 aromatic carbocycles. The standard InChI is InChI=1S/C14H21N3O/c1-4-17-14-8-6-5-7-12(14)13(16-17)10-15-9-11(2)18-3/h5-8,11,15H,4,9-10H2,1-3H3. The number of hydrogen-bond acceptors (Lipinski definition) is 3. The molecule has 4 nitrogen and oxygen atoms in total. The molecule has 0 saturated heterocycles. The molecule has 0 saturated carbocycles. The fraction of sp³-hybridized carbons (Fsp3) is 0.500. The van der Waals surface area contributed by atoms with E-state index < -0.39 is 0 Å². The number of rotatable bonds is 6. The quantitative estimate of drug-likeness (QED) is 0.850. The number of nitrogens with zero attached hydrogens (tertiary/aromatic N) is 2. The molecule has 0 radical (unpaired) electrons. The van der Waals surface area contributed by atoms with Gasteiger partial charge in [0.05, 0.1) is 17.3 Å². The van der Waals surface area contributed by atoms with Crippen LogP contribution in [0.4, 0.5) is 0 Å². The Labute approximate surface area is 108 Å². The van der Waals surface area contributed by atoms with Crippen LogP contribution >= 0.6 is 0 Å². The zero-order valence-electron chi connectivity index (χ0n) is 11.3. The smallest absolute Gasteiger partial charge is 0.0841 e. The molecule has 0 aliphatic carbocycles. The third kappa shape index (κ3) is 2.71. The molecule has 0 aliphatic rings. The Morgan fingerprint density at radius 2 is 2.17 bits per heavy atom. The summed E-state index contributed by atoms with van der Waals surface area (Å²) >= 11 is 0. The van der Waals surface area contributed by atoms with Crippen LogP contribution in [-0.4, -0.2) is 29.5 Å². The molecule has 4 heteroatoms. The fourth-order valence-electron chi connectivity index (χ4n) is 2.04. The van der Waals surface area contributed by atoms with E-state index in [1.807, 2.05) is 4.68 Å². The van der Waals surface area contributed by atoms with Crippen molar-refractivity contribution >= 4 is 10.9 Å². The normalized spacial score (nSPS) is 13.1. The van der Waals surface area contributed by atoms with Crippen molar-refractivity contribution in [1.82, 2.24) is 15.1 Å². The average molecular weight is 247 g/mol. The maximum atomic E-state index is 5.21. The Morgan fingerprint density at radius 1 is 1.39 bits per heavy atom. The highest BCUT2D eigenvalue weighted by molar-refractivity contribution is 5.81. The number of aromatic nitrogens is 2. The van der Waals surface area contributed by atoms with Gasteiger partial charge in [-0.05, 0) is 19.9 Å². The van der Waals surface area contributed by atoms with Crippen molar-refractivity contribution in [1.29, 1.82) is 0 Å². The van der Waals surface area contributed by atoms with Crippen LogP contribution in [0.5, 0.6) is 0 Å². The lowest BCUT2D eigenvalue weighted by Crippen LogP contribution is -2.25. The van der Waals surface area contributed by atoms with Gasteiger partial charge < -0.3 is 10.1 Å². The highest BCUT2D eigenvalue weighted by atomic mass is 16.5. The molecule has 1 heterocycles. The molecular weight excluding hydrogens is 226 g/mol. The predicted octanol–water partition coefficient (Wildman–Crippen LogP) is 2.18. The molecule has 18 heavy (non-hydrogen) atoms. The lowest BCUT2D eigenvalue weighted by molar-refractivity contribution is 0.117. The van der Waals surface area contributed by atoms with E-state index >= 15 is 0 Å². The second-order valence-electron chi connectivity index (χ2n) is 4.46. The number of hydrogen-bond donors (Lipinski definition) is 1. The van der Waals surface area contributed by atoms with Crippen LogP contribution in [0.3, 0.4) is 0 Å². The second-order valence-corrected chi connectivity index (χ2v) is 4.46. The minimum Gasteiger partial charge on any atom is -0.380 e. The first kappa shape index (κ1) is 13.1. The van der Waals surface area contributed by atoms with E-state index in [1.54, 1.807) is 7.11 Å². The van der Waals surface area contributed by atoms with Crippen LogP contribution in [0.1, 0.15) is 19.5 Å². The van der Waals surface area contributed by atoms with E-state index in [-0.39, 0.29) is 6.10 Å². The van der Waals surface area contributed by atoms with Crippen molar-refractivity contribution in [2.24, 2.45) is 0 Å². The van der Waals surface area contributed by atoms with Gasteiger partial charge in [0.15, 0.2) is 0 Å². The lowest BCUT2D eigenvalue weighted by atomic mass is 10.2. The van der Waals surface area contributed by atoms with Crippen molar-refractivity contribution in [2.45, 2.75) is 33.0 Å². The number of benzene rings is 1. The van der Waals surface area contributed by atoms with Gasteiger partial charge in [-0.2, -0.15) is 5.10 Å². The van der Waals surface area contributed by atoms with Crippen molar-refractivity contribution in [3.05, 3.63) is 30.0 Å². The molecule has 1 atom stereocenters. The highest BCUT2D eigenvalue weighted by Crippen LogP contribution is 2.18. The fourth-order valence-corrected chi connectivity index (χ4v) is 2.04. The minimum absolute atomic E-state index is 0.226. The molecule has 0 amide bonds. The highest BCUT2D eigenvalue weighted by Gasteiger charge is 2.08. The first-order valence-electron chi connectivity index (χ1n) is 6.44. The molecule has 2 aromatic rings. The van der Waals surface area contributed by atoms with Crippen LogP contribution in [-0.2, 0) is 17.8 Å². The first-order valence-corrected chi connectivity index (χ1v) is 6.44. The summed E-state index contributed by atoms with van der Waals surface area (Å²) in [6, 6.07) is 8.37. The van der Waals surface area contributed by atoms with Crippen LogP contribution < -0.4 is 5.32 Å². The lowest BCUT2D eigenvalue weighted by Gasteiger charge is -2.09. The maximum Gasteiger partial charge on any atom is 0.0841 e. The minimum atomic E-state index is 0.226. The van der Waals surface area contributed by atoms with Crippen LogP contribution in [0.15, 0.2) is 24.3 Å². The third-order valence-corrected chi connectivity index (χ3v) is 3.16. The molecule has 0 spiro atoms. The Kier molecular flexibility index (Phi) is 4.33. The van der Waals surface area contributed by atoms with Gasteiger partial charge in [-0.1, -0.05) is 18.2 Å². The monoisotopic (exact) mass is 247 g/mol. The Morgan fingerprint density at radius 3 is 2.89 bits per heavy atom. The van der Waals surface area contributed by atoms with E-state index in [0.29, 0.717) is 0 Å². The van der Waals surface area contributed by atoms with E-state index in [0.717, 1.165) is 25.3 Å². The topological polar surface area (TPSA) is 39.1 Å². The van der Waals surface area contributed by atoms with Gasteiger partial charge in [0.25, 0.3) is 0 Å². The SMILES string of the molecule is CCn1nc(CNCC(C)OC)c2ccccc21. The number of methoxy groups -OCH3 is 1. The molecule has 1 aromatic heterocycles. The Hall–Kier alpha value is -1.39. The van der Waals surface area contributed by atoms with Crippen molar-refractivity contribution < 1.29 is 4.74 Å². The Bertz CT molecular complexity index is 507. The van der Waals surface area contributed by atoms with Gasteiger partial charge in [-0.3, -0.25) is 4.68 Å². The summed E-state index contributed by atoms with van der Waals surface area (Å²) in [6.07, 6.45) is 0.226.